The predicted molar refractivity (Wildman–Crippen MR) is 93.7 cm³/mol. The van der Waals surface area contributed by atoms with Gasteiger partial charge in [0.25, 0.3) is 0 Å². The molecule has 6 heteroatoms. The molecule has 0 saturated heterocycles. The zero-order chi connectivity index (χ0) is 13.7. The summed E-state index contributed by atoms with van der Waals surface area (Å²) in [5.41, 5.74) is 3.61. The van der Waals surface area contributed by atoms with E-state index in [9.17, 15) is 0 Å². The molecular weight excluding hydrogens is 307 g/mol. The summed E-state index contributed by atoms with van der Waals surface area (Å²) in [5, 5.41) is 7.86. The molecule has 2 rings (SSSR count). The van der Waals surface area contributed by atoms with Gasteiger partial charge in [0.1, 0.15) is 0 Å². The van der Waals surface area contributed by atoms with Gasteiger partial charge in [-0.1, -0.05) is 12.1 Å². The van der Waals surface area contributed by atoms with Gasteiger partial charge in [0, 0.05) is 45.6 Å². The molecule has 2 aromatic rings. The molecule has 0 unspecified atom stereocenters. The number of hydrogen-bond acceptors (Lipinski definition) is 3. The van der Waals surface area contributed by atoms with Crippen molar-refractivity contribution >= 4 is 30.5 Å². The van der Waals surface area contributed by atoms with E-state index in [-0.39, 0.29) is 24.8 Å². The van der Waals surface area contributed by atoms with E-state index >= 15 is 0 Å². The Kier molecular flexibility index (Phi) is 9.09. The lowest BCUT2D eigenvalue weighted by molar-refractivity contribution is 0.620. The Bertz CT molecular complexity index is 509. The van der Waals surface area contributed by atoms with Crippen LogP contribution < -0.4 is 10.2 Å². The standard InChI is InChI=1S/C15H22N4.2ClH/c1-4-19-10-9-14(17-19)12-16-11-13-5-7-15(8-6-13)18(2)3;;/h5-10,16H,4,11-12H2,1-3H3;2*1H. The molecule has 118 valence electrons. The Morgan fingerprint density at radius 1 is 1.05 bits per heavy atom. The average Bonchev–Trinajstić information content (AvgIpc) is 2.87. The molecule has 0 radical (unpaired) electrons. The van der Waals surface area contributed by atoms with Crippen molar-refractivity contribution in [2.75, 3.05) is 19.0 Å². The predicted octanol–water partition coefficient (Wildman–Crippen LogP) is 3.10. The van der Waals surface area contributed by atoms with Crippen LogP contribution in [0.1, 0.15) is 18.2 Å². The van der Waals surface area contributed by atoms with Gasteiger partial charge in [-0.2, -0.15) is 5.10 Å². The molecule has 0 spiro atoms. The van der Waals surface area contributed by atoms with Crippen LogP contribution in [-0.2, 0) is 19.6 Å². The summed E-state index contributed by atoms with van der Waals surface area (Å²) in [7, 11) is 4.11. The maximum absolute atomic E-state index is 4.44. The highest BCUT2D eigenvalue weighted by atomic mass is 35.5. The third-order valence-electron chi connectivity index (χ3n) is 3.11. The first-order valence-electron chi connectivity index (χ1n) is 6.68. The summed E-state index contributed by atoms with van der Waals surface area (Å²) >= 11 is 0. The number of anilines is 1. The van der Waals surface area contributed by atoms with Crippen LogP contribution in [0, 0.1) is 0 Å². The van der Waals surface area contributed by atoms with E-state index < -0.39 is 0 Å². The van der Waals surface area contributed by atoms with Gasteiger partial charge in [0.15, 0.2) is 0 Å². The number of nitrogens with zero attached hydrogens (tertiary/aromatic N) is 3. The second kappa shape index (κ2) is 9.66. The summed E-state index contributed by atoms with van der Waals surface area (Å²) in [5.74, 6) is 0. The van der Waals surface area contributed by atoms with Crippen LogP contribution in [0.25, 0.3) is 0 Å². The van der Waals surface area contributed by atoms with Crippen molar-refractivity contribution in [1.82, 2.24) is 15.1 Å². The quantitative estimate of drug-likeness (QED) is 0.883. The first-order valence-corrected chi connectivity index (χ1v) is 6.68. The van der Waals surface area contributed by atoms with E-state index in [1.807, 2.05) is 10.9 Å². The van der Waals surface area contributed by atoms with Gasteiger partial charge >= 0.3 is 0 Å². The van der Waals surface area contributed by atoms with Gasteiger partial charge in [-0.05, 0) is 30.7 Å². The molecule has 0 aliphatic carbocycles. The second-order valence-electron chi connectivity index (χ2n) is 4.83. The molecule has 0 saturated carbocycles. The van der Waals surface area contributed by atoms with Crippen molar-refractivity contribution in [3.63, 3.8) is 0 Å². The molecule has 1 aromatic carbocycles. The van der Waals surface area contributed by atoms with E-state index in [2.05, 4.69) is 66.7 Å². The molecule has 4 nitrogen and oxygen atoms in total. The summed E-state index contributed by atoms with van der Waals surface area (Å²) in [6, 6.07) is 10.7. The van der Waals surface area contributed by atoms with E-state index in [4.69, 9.17) is 0 Å². The van der Waals surface area contributed by atoms with Crippen molar-refractivity contribution in [1.29, 1.82) is 0 Å². The SMILES string of the molecule is CCn1ccc(CNCc2ccc(N(C)C)cc2)n1.Cl.Cl. The number of halogens is 2. The molecular formula is C15H24Cl2N4. The third kappa shape index (κ3) is 5.96. The van der Waals surface area contributed by atoms with Crippen molar-refractivity contribution in [2.24, 2.45) is 0 Å². The van der Waals surface area contributed by atoms with Crippen LogP contribution in [0.5, 0.6) is 0 Å². The van der Waals surface area contributed by atoms with Crippen LogP contribution in [0.3, 0.4) is 0 Å². The first-order chi connectivity index (χ1) is 9.19. The fourth-order valence-electron chi connectivity index (χ4n) is 1.92. The number of rotatable bonds is 6. The molecule has 21 heavy (non-hydrogen) atoms. The highest BCUT2D eigenvalue weighted by Gasteiger charge is 1.99. The highest BCUT2D eigenvalue weighted by molar-refractivity contribution is 5.85. The number of aromatic nitrogens is 2. The van der Waals surface area contributed by atoms with Gasteiger partial charge in [0.2, 0.25) is 0 Å². The van der Waals surface area contributed by atoms with E-state index in [1.54, 1.807) is 0 Å². The fourth-order valence-corrected chi connectivity index (χ4v) is 1.92. The number of hydrogen-bond donors (Lipinski definition) is 1. The average molecular weight is 331 g/mol. The van der Waals surface area contributed by atoms with Gasteiger partial charge in [-0.3, -0.25) is 4.68 Å². The van der Waals surface area contributed by atoms with E-state index in [1.165, 1.54) is 11.3 Å². The lowest BCUT2D eigenvalue weighted by Gasteiger charge is -2.12. The number of aryl methyl sites for hydroxylation is 1. The topological polar surface area (TPSA) is 33.1 Å². The lowest BCUT2D eigenvalue weighted by Crippen LogP contribution is -2.14. The Morgan fingerprint density at radius 3 is 2.24 bits per heavy atom. The molecule has 1 heterocycles. The smallest absolute Gasteiger partial charge is 0.0762 e. The van der Waals surface area contributed by atoms with Gasteiger partial charge < -0.3 is 10.2 Å². The number of nitrogens with one attached hydrogen (secondary N) is 1. The van der Waals surface area contributed by atoms with Crippen molar-refractivity contribution in [3.05, 3.63) is 47.8 Å². The van der Waals surface area contributed by atoms with Gasteiger partial charge in [-0.15, -0.1) is 24.8 Å². The molecule has 0 fully saturated rings. The monoisotopic (exact) mass is 330 g/mol. The van der Waals surface area contributed by atoms with Crippen LogP contribution >= 0.6 is 24.8 Å². The summed E-state index contributed by atoms with van der Waals surface area (Å²) in [4.78, 5) is 2.11. The Balaban J connectivity index is 0.00000200. The van der Waals surface area contributed by atoms with E-state index in [0.29, 0.717) is 0 Å². The summed E-state index contributed by atoms with van der Waals surface area (Å²) in [6.07, 6.45) is 2.02. The summed E-state index contributed by atoms with van der Waals surface area (Å²) < 4.78 is 1.95. The van der Waals surface area contributed by atoms with Crippen LogP contribution in [0.2, 0.25) is 0 Å². The Morgan fingerprint density at radius 2 is 1.71 bits per heavy atom. The molecule has 1 N–H and O–H groups in total. The van der Waals surface area contributed by atoms with Gasteiger partial charge in [0.05, 0.1) is 5.69 Å². The highest BCUT2D eigenvalue weighted by Crippen LogP contribution is 2.12. The zero-order valence-corrected chi connectivity index (χ0v) is 14.4. The molecule has 0 bridgehead atoms. The fraction of sp³-hybridized carbons (Fsp3) is 0.400. The van der Waals surface area contributed by atoms with Crippen LogP contribution in [0.15, 0.2) is 36.5 Å². The minimum atomic E-state index is 0. The molecule has 1 aromatic heterocycles. The van der Waals surface area contributed by atoms with Gasteiger partial charge in [-0.25, -0.2) is 0 Å². The third-order valence-corrected chi connectivity index (χ3v) is 3.11. The molecule has 0 atom stereocenters. The minimum absolute atomic E-state index is 0. The second-order valence-corrected chi connectivity index (χ2v) is 4.83. The molecule has 0 aliphatic rings. The van der Waals surface area contributed by atoms with Crippen molar-refractivity contribution in [3.8, 4) is 0 Å². The zero-order valence-electron chi connectivity index (χ0n) is 12.7. The summed E-state index contributed by atoms with van der Waals surface area (Å²) in [6.45, 7) is 4.69. The molecule has 0 aliphatic heterocycles. The Labute approximate surface area is 139 Å². The minimum Gasteiger partial charge on any atom is -0.378 e. The van der Waals surface area contributed by atoms with E-state index in [0.717, 1.165) is 25.3 Å². The molecule has 0 amide bonds. The normalized spacial score (nSPS) is 9.67. The maximum atomic E-state index is 4.44. The van der Waals surface area contributed by atoms with Crippen molar-refractivity contribution < 1.29 is 0 Å². The first kappa shape index (κ1) is 19.8. The maximum Gasteiger partial charge on any atom is 0.0762 e. The Hall–Kier alpha value is -1.23. The lowest BCUT2D eigenvalue weighted by atomic mass is 10.2. The van der Waals surface area contributed by atoms with Crippen LogP contribution in [0.4, 0.5) is 5.69 Å². The van der Waals surface area contributed by atoms with Crippen LogP contribution in [-0.4, -0.2) is 23.9 Å². The van der Waals surface area contributed by atoms with Crippen molar-refractivity contribution in [2.45, 2.75) is 26.6 Å². The number of benzene rings is 1. The largest absolute Gasteiger partial charge is 0.378 e.